The van der Waals surface area contributed by atoms with Crippen LogP contribution in [0.5, 0.6) is 5.75 Å². The first-order valence-corrected chi connectivity index (χ1v) is 12.0. The van der Waals surface area contributed by atoms with Gasteiger partial charge in [0.25, 0.3) is 15.9 Å². The molecule has 0 spiro atoms. The van der Waals surface area contributed by atoms with Crippen LogP contribution in [0.2, 0.25) is 0 Å². The molecule has 164 valence electrons. The van der Waals surface area contributed by atoms with E-state index in [1.54, 1.807) is 29.6 Å². The topological polar surface area (TPSA) is 121 Å². The number of hydrogen-bond donors (Lipinski definition) is 2. The smallest absolute Gasteiger partial charge is 0.266 e. The molecule has 2 aromatic carbocycles. The first-order chi connectivity index (χ1) is 15.4. The maximum Gasteiger partial charge on any atom is 0.266 e. The van der Waals surface area contributed by atoms with Gasteiger partial charge in [0.15, 0.2) is 5.13 Å². The van der Waals surface area contributed by atoms with Gasteiger partial charge in [0.2, 0.25) is 0 Å². The van der Waals surface area contributed by atoms with E-state index in [0.29, 0.717) is 23.6 Å². The van der Waals surface area contributed by atoms with Crippen molar-refractivity contribution in [3.05, 3.63) is 71.2 Å². The minimum absolute atomic E-state index is 0.0205. The third kappa shape index (κ3) is 6.16. The zero-order valence-electron chi connectivity index (χ0n) is 17.1. The van der Waals surface area contributed by atoms with Gasteiger partial charge >= 0.3 is 0 Å². The number of nitrogens with zero attached hydrogens (tertiary/aromatic N) is 2. The van der Waals surface area contributed by atoms with Gasteiger partial charge in [-0.05, 0) is 54.5 Å². The maximum absolute atomic E-state index is 12.5. The van der Waals surface area contributed by atoms with Crippen LogP contribution in [0.1, 0.15) is 18.9 Å². The number of hydrogen-bond acceptors (Lipinski definition) is 7. The first kappa shape index (κ1) is 23.0. The Bertz CT molecular complexity index is 1230. The highest BCUT2D eigenvalue weighted by Gasteiger charge is 2.16. The summed E-state index contributed by atoms with van der Waals surface area (Å²) in [5.41, 5.74) is 0.942. The summed E-state index contributed by atoms with van der Waals surface area (Å²) in [4.78, 5) is 16.4. The molecule has 3 aromatic rings. The molecule has 0 fully saturated rings. The Morgan fingerprint density at radius 2 is 1.91 bits per heavy atom. The van der Waals surface area contributed by atoms with Crippen LogP contribution in [0.4, 0.5) is 10.8 Å². The van der Waals surface area contributed by atoms with Gasteiger partial charge < -0.3 is 10.1 Å². The van der Waals surface area contributed by atoms with Crippen molar-refractivity contribution in [1.29, 1.82) is 5.26 Å². The van der Waals surface area contributed by atoms with E-state index >= 15 is 0 Å². The normalized spacial score (nSPS) is 11.4. The lowest BCUT2D eigenvalue weighted by Gasteiger charge is -2.08. The number of thiazole rings is 1. The molecule has 0 aliphatic heterocycles. The van der Waals surface area contributed by atoms with E-state index < -0.39 is 15.9 Å². The number of amides is 1. The summed E-state index contributed by atoms with van der Waals surface area (Å²) in [6.45, 7) is 2.63. The molecule has 2 N–H and O–H groups in total. The molecule has 0 unspecified atom stereocenters. The van der Waals surface area contributed by atoms with Crippen LogP contribution in [0.3, 0.4) is 0 Å². The van der Waals surface area contributed by atoms with Crippen molar-refractivity contribution in [2.45, 2.75) is 18.2 Å². The molecule has 10 heteroatoms. The van der Waals surface area contributed by atoms with Gasteiger partial charge in [-0.25, -0.2) is 13.4 Å². The van der Waals surface area contributed by atoms with Gasteiger partial charge in [-0.3, -0.25) is 9.52 Å². The third-order valence-electron chi connectivity index (χ3n) is 4.11. The van der Waals surface area contributed by atoms with Gasteiger partial charge in [0, 0.05) is 17.3 Å². The minimum atomic E-state index is -3.79. The number of rotatable bonds is 9. The van der Waals surface area contributed by atoms with Crippen molar-refractivity contribution in [3.8, 4) is 11.8 Å². The van der Waals surface area contributed by atoms with E-state index in [2.05, 4.69) is 15.0 Å². The summed E-state index contributed by atoms with van der Waals surface area (Å²) < 4.78 is 32.7. The van der Waals surface area contributed by atoms with E-state index in [4.69, 9.17) is 4.74 Å². The molecule has 32 heavy (non-hydrogen) atoms. The van der Waals surface area contributed by atoms with Gasteiger partial charge in [0.05, 0.1) is 11.5 Å². The molecule has 0 bridgehead atoms. The summed E-state index contributed by atoms with van der Waals surface area (Å²) in [5, 5.41) is 13.9. The second kappa shape index (κ2) is 10.6. The van der Waals surface area contributed by atoms with Crippen LogP contribution >= 0.6 is 11.3 Å². The summed E-state index contributed by atoms with van der Waals surface area (Å²) >= 11 is 1.16. The van der Waals surface area contributed by atoms with Crippen molar-refractivity contribution in [1.82, 2.24) is 4.98 Å². The second-order valence-electron chi connectivity index (χ2n) is 6.51. The monoisotopic (exact) mass is 468 g/mol. The predicted octanol–water partition coefficient (Wildman–Crippen LogP) is 4.28. The predicted molar refractivity (Wildman–Crippen MR) is 124 cm³/mol. The average molecular weight is 469 g/mol. The largest absolute Gasteiger partial charge is 0.494 e. The average Bonchev–Trinajstić information content (AvgIpc) is 3.29. The summed E-state index contributed by atoms with van der Waals surface area (Å²) in [5.74, 6) is 0.113. The number of sulfonamides is 1. The molecule has 1 amide bonds. The Labute approximate surface area is 190 Å². The Hall–Kier alpha value is -3.68. The molecule has 0 aliphatic rings. The molecular weight excluding hydrogens is 448 g/mol. The zero-order valence-corrected chi connectivity index (χ0v) is 18.7. The molecule has 1 aromatic heterocycles. The van der Waals surface area contributed by atoms with E-state index in [1.807, 2.05) is 13.0 Å². The molecule has 0 saturated heterocycles. The zero-order chi connectivity index (χ0) is 23.0. The van der Waals surface area contributed by atoms with Crippen LogP contribution in [0.25, 0.3) is 6.08 Å². The SMILES string of the molecule is CCCOc1ccc(/C=C(\C#N)C(=O)Nc2ccc(S(=O)(=O)Nc3nccs3)cc2)cc1. The standard InChI is InChI=1S/C22H20N4O4S2/c1-2-12-30-19-7-3-16(4-8-19)14-17(15-23)21(27)25-18-5-9-20(10-6-18)32(28,29)26-22-24-11-13-31-22/h3-11,13-14H,2,12H2,1H3,(H,24,26)(H,25,27)/b17-14+. The fraction of sp³-hybridized carbons (Fsp3) is 0.136. The fourth-order valence-corrected chi connectivity index (χ4v) is 4.35. The molecule has 0 radical (unpaired) electrons. The number of benzene rings is 2. The van der Waals surface area contributed by atoms with Gasteiger partial charge in [-0.15, -0.1) is 11.3 Å². The molecule has 0 saturated carbocycles. The van der Waals surface area contributed by atoms with Crippen molar-refractivity contribution < 1.29 is 17.9 Å². The van der Waals surface area contributed by atoms with E-state index in [9.17, 15) is 18.5 Å². The molecule has 1 heterocycles. The van der Waals surface area contributed by atoms with Gasteiger partial charge in [-0.1, -0.05) is 19.1 Å². The quantitative estimate of drug-likeness (QED) is 0.357. The number of ether oxygens (including phenoxy) is 1. The first-order valence-electron chi connectivity index (χ1n) is 9.59. The van der Waals surface area contributed by atoms with Crippen LogP contribution in [-0.2, 0) is 14.8 Å². The van der Waals surface area contributed by atoms with Crippen molar-refractivity contribution in [2.75, 3.05) is 16.6 Å². The number of carbonyl (C=O) groups is 1. The van der Waals surface area contributed by atoms with Crippen molar-refractivity contribution in [3.63, 3.8) is 0 Å². The van der Waals surface area contributed by atoms with Crippen molar-refractivity contribution >= 4 is 44.2 Å². The summed E-state index contributed by atoms with van der Waals surface area (Å²) in [6.07, 6.45) is 3.86. The van der Waals surface area contributed by atoms with Crippen LogP contribution in [-0.4, -0.2) is 25.9 Å². The molecule has 0 aliphatic carbocycles. The maximum atomic E-state index is 12.5. The third-order valence-corrected chi connectivity index (χ3v) is 6.28. The number of aromatic nitrogens is 1. The highest BCUT2D eigenvalue weighted by molar-refractivity contribution is 7.93. The lowest BCUT2D eigenvalue weighted by atomic mass is 10.1. The number of anilines is 2. The van der Waals surface area contributed by atoms with Gasteiger partial charge in [0.1, 0.15) is 17.4 Å². The molecular formula is C22H20N4O4S2. The Morgan fingerprint density at radius 1 is 1.19 bits per heavy atom. The Kier molecular flexibility index (Phi) is 7.59. The molecule has 3 rings (SSSR count). The van der Waals surface area contributed by atoms with Gasteiger partial charge in [-0.2, -0.15) is 5.26 Å². The van der Waals surface area contributed by atoms with Crippen LogP contribution < -0.4 is 14.8 Å². The number of nitrogens with one attached hydrogen (secondary N) is 2. The Morgan fingerprint density at radius 3 is 2.50 bits per heavy atom. The van der Waals surface area contributed by atoms with E-state index in [0.717, 1.165) is 17.8 Å². The van der Waals surface area contributed by atoms with Crippen molar-refractivity contribution in [2.24, 2.45) is 0 Å². The lowest BCUT2D eigenvalue weighted by Crippen LogP contribution is -2.15. The van der Waals surface area contributed by atoms with Crippen LogP contribution in [0.15, 0.2) is 70.6 Å². The van der Waals surface area contributed by atoms with E-state index in [-0.39, 0.29) is 15.6 Å². The Balaban J connectivity index is 1.67. The highest BCUT2D eigenvalue weighted by Crippen LogP contribution is 2.20. The summed E-state index contributed by atoms with van der Waals surface area (Å²) in [6, 6.07) is 14.5. The lowest BCUT2D eigenvalue weighted by molar-refractivity contribution is -0.112. The molecule has 0 atom stereocenters. The highest BCUT2D eigenvalue weighted by atomic mass is 32.2. The van der Waals surface area contributed by atoms with Crippen LogP contribution in [0, 0.1) is 11.3 Å². The second-order valence-corrected chi connectivity index (χ2v) is 9.09. The minimum Gasteiger partial charge on any atom is -0.494 e. The summed E-state index contributed by atoms with van der Waals surface area (Å²) in [7, 11) is -3.79. The number of nitriles is 1. The molecule has 8 nitrogen and oxygen atoms in total. The number of carbonyl (C=O) groups excluding carboxylic acids is 1. The fourth-order valence-electron chi connectivity index (χ4n) is 2.56. The van der Waals surface area contributed by atoms with E-state index in [1.165, 1.54) is 36.5 Å².